The van der Waals surface area contributed by atoms with Crippen molar-refractivity contribution in [3.8, 4) is 0 Å². The first kappa shape index (κ1) is 75.9. The number of nitrogens with two attached hydrogens (primary N) is 1. The Morgan fingerprint density at radius 2 is 0.696 bits per heavy atom. The minimum atomic E-state index is -4.40. The number of esters is 2. The van der Waals surface area contributed by atoms with Gasteiger partial charge in [-0.15, -0.1) is 0 Å². The molecule has 10 heteroatoms. The highest BCUT2D eigenvalue weighted by molar-refractivity contribution is 7.47. The minimum Gasteiger partial charge on any atom is -0.462 e. The molecule has 0 saturated carbocycles. The summed E-state index contributed by atoms with van der Waals surface area (Å²) in [6.07, 6.45) is 86.3. The molecule has 456 valence electrons. The molecule has 0 spiro atoms. The van der Waals surface area contributed by atoms with Crippen LogP contribution >= 0.6 is 7.82 Å². The average Bonchev–Trinajstić information content (AvgIpc) is 3.44. The van der Waals surface area contributed by atoms with Crippen LogP contribution in [0.15, 0.2) is 97.2 Å². The zero-order valence-electron chi connectivity index (χ0n) is 51.1. The molecule has 0 heterocycles. The molecule has 0 aliphatic rings. The molecule has 79 heavy (non-hydrogen) atoms. The summed E-state index contributed by atoms with van der Waals surface area (Å²) in [5.41, 5.74) is 5.39. The standard InChI is InChI=1S/C69H122NO8P/c1-3-5-7-9-11-13-15-17-19-21-23-25-27-29-31-32-33-34-36-38-40-42-44-46-48-50-52-54-56-58-60-62-69(72)78-67(66-77-79(73,74)76-64-63-70)65-75-68(71)61-59-57-55-53-51-49-47-45-43-41-39-37-35-30-28-26-24-22-20-18-16-14-12-10-8-6-4-2/h5,7,11,13,17,19,23,25,29,31,33-34,38,40,44,46,67H,3-4,6,8-10,12,14-16,18,20-22,24,26-28,30,32,35-37,39,41-43,45,47-66,70H2,1-2H3,(H,73,74)/b7-5-,13-11-,19-17-,25-23-,31-29-,34-33-,40-38-,46-44-. The van der Waals surface area contributed by atoms with E-state index in [-0.39, 0.29) is 38.6 Å². The predicted molar refractivity (Wildman–Crippen MR) is 339 cm³/mol. The topological polar surface area (TPSA) is 134 Å². The van der Waals surface area contributed by atoms with Crippen LogP contribution in [-0.2, 0) is 32.7 Å². The number of hydrogen-bond donors (Lipinski definition) is 2. The van der Waals surface area contributed by atoms with Crippen LogP contribution < -0.4 is 5.73 Å². The van der Waals surface area contributed by atoms with E-state index in [1.54, 1.807) is 0 Å². The molecule has 0 bridgehead atoms. The first-order valence-corrected chi connectivity index (χ1v) is 34.2. The molecule has 0 aromatic rings. The van der Waals surface area contributed by atoms with Crippen LogP contribution in [0.5, 0.6) is 0 Å². The minimum absolute atomic E-state index is 0.0474. The Bertz CT molecular complexity index is 1610. The first-order valence-electron chi connectivity index (χ1n) is 32.7. The maximum absolute atomic E-state index is 12.7. The van der Waals surface area contributed by atoms with Crippen LogP contribution in [0.2, 0.25) is 0 Å². The Labute approximate surface area is 486 Å². The van der Waals surface area contributed by atoms with Gasteiger partial charge in [-0.2, -0.15) is 0 Å². The average molecular weight is 1120 g/mol. The van der Waals surface area contributed by atoms with Gasteiger partial charge >= 0.3 is 19.8 Å². The van der Waals surface area contributed by atoms with Crippen molar-refractivity contribution in [1.29, 1.82) is 0 Å². The van der Waals surface area contributed by atoms with E-state index in [1.165, 1.54) is 154 Å². The largest absolute Gasteiger partial charge is 0.472 e. The molecule has 0 radical (unpaired) electrons. The van der Waals surface area contributed by atoms with Crippen LogP contribution in [0, 0.1) is 0 Å². The van der Waals surface area contributed by atoms with E-state index in [4.69, 9.17) is 24.3 Å². The normalized spacial score (nSPS) is 13.6. The first-order chi connectivity index (χ1) is 38.8. The van der Waals surface area contributed by atoms with Gasteiger partial charge < -0.3 is 20.1 Å². The van der Waals surface area contributed by atoms with E-state index in [9.17, 15) is 19.0 Å². The highest BCUT2D eigenvalue weighted by Gasteiger charge is 2.26. The van der Waals surface area contributed by atoms with Crippen molar-refractivity contribution in [2.75, 3.05) is 26.4 Å². The highest BCUT2D eigenvalue weighted by atomic mass is 31.2. The maximum Gasteiger partial charge on any atom is 0.472 e. The van der Waals surface area contributed by atoms with Crippen LogP contribution in [0.25, 0.3) is 0 Å². The Morgan fingerprint density at radius 3 is 1.04 bits per heavy atom. The van der Waals surface area contributed by atoms with Crippen molar-refractivity contribution in [3.63, 3.8) is 0 Å². The summed E-state index contributed by atoms with van der Waals surface area (Å²) >= 11 is 0. The van der Waals surface area contributed by atoms with Gasteiger partial charge in [0.2, 0.25) is 0 Å². The second-order valence-corrected chi connectivity index (χ2v) is 23.1. The van der Waals surface area contributed by atoms with E-state index in [0.29, 0.717) is 6.42 Å². The summed E-state index contributed by atoms with van der Waals surface area (Å²) in [6.45, 7) is 3.65. The van der Waals surface area contributed by atoms with Crippen molar-refractivity contribution in [2.45, 2.75) is 302 Å². The van der Waals surface area contributed by atoms with E-state index < -0.39 is 26.5 Å². The molecule has 2 atom stereocenters. The SMILES string of the molecule is CC/C=C\C/C=C\C/C=C\C/C=C\C/C=C\C/C=C\C/C=C\C/C=C\CCCCCCCCC(=O)OC(COC(=O)CCCCCCCCCCCCCCCCCCCCCCCCCCCCC)COP(=O)(O)OCCN. The third-order valence-corrected chi connectivity index (χ3v) is 15.0. The monoisotopic (exact) mass is 1120 g/mol. The second kappa shape index (κ2) is 64.1. The highest BCUT2D eigenvalue weighted by Crippen LogP contribution is 2.43. The molecule has 0 fully saturated rings. The lowest BCUT2D eigenvalue weighted by atomic mass is 10.0. The van der Waals surface area contributed by atoms with E-state index in [2.05, 4.69) is 111 Å². The third kappa shape index (κ3) is 64.0. The van der Waals surface area contributed by atoms with Gasteiger partial charge in [-0.25, -0.2) is 4.57 Å². The molecule has 0 rings (SSSR count). The molecule has 2 unspecified atom stereocenters. The molecule has 0 saturated heterocycles. The third-order valence-electron chi connectivity index (χ3n) is 14.0. The molecule has 3 N–H and O–H groups in total. The molecule has 0 aliphatic carbocycles. The summed E-state index contributed by atoms with van der Waals surface area (Å²) in [7, 11) is -4.40. The number of ether oxygens (including phenoxy) is 2. The van der Waals surface area contributed by atoms with Gasteiger partial charge in [-0.1, -0.05) is 304 Å². The number of phosphoric acid groups is 1. The van der Waals surface area contributed by atoms with Gasteiger partial charge in [0.1, 0.15) is 6.61 Å². The summed E-state index contributed by atoms with van der Waals surface area (Å²) in [5.74, 6) is -0.838. The number of allylic oxidation sites excluding steroid dienone is 16. The van der Waals surface area contributed by atoms with Gasteiger partial charge in [-0.3, -0.25) is 18.6 Å². The fourth-order valence-corrected chi connectivity index (χ4v) is 9.95. The van der Waals surface area contributed by atoms with Crippen molar-refractivity contribution in [3.05, 3.63) is 97.2 Å². The quantitative estimate of drug-likeness (QED) is 0.0264. The summed E-state index contributed by atoms with van der Waals surface area (Å²) in [6, 6.07) is 0. The zero-order chi connectivity index (χ0) is 57.3. The Kier molecular flexibility index (Phi) is 61.6. The van der Waals surface area contributed by atoms with Crippen LogP contribution in [0.3, 0.4) is 0 Å². The zero-order valence-corrected chi connectivity index (χ0v) is 52.0. The Morgan fingerprint density at radius 1 is 0.392 bits per heavy atom. The molecule has 0 aliphatic heterocycles. The summed E-state index contributed by atoms with van der Waals surface area (Å²) < 4.78 is 33.1. The number of carbonyl (C=O) groups is 2. The van der Waals surface area contributed by atoms with E-state index in [0.717, 1.165) is 109 Å². The van der Waals surface area contributed by atoms with Crippen LogP contribution in [0.4, 0.5) is 0 Å². The van der Waals surface area contributed by atoms with Crippen LogP contribution in [-0.4, -0.2) is 49.3 Å². The van der Waals surface area contributed by atoms with E-state index in [1.807, 2.05) is 0 Å². The second-order valence-electron chi connectivity index (χ2n) is 21.6. The molecule has 9 nitrogen and oxygen atoms in total. The molecular weight excluding hydrogens is 1000 g/mol. The number of rotatable bonds is 61. The molecule has 0 aromatic carbocycles. The number of unbranched alkanes of at least 4 members (excludes halogenated alkanes) is 32. The van der Waals surface area contributed by atoms with Crippen molar-refractivity contribution < 1.29 is 37.6 Å². The lowest BCUT2D eigenvalue weighted by molar-refractivity contribution is -0.161. The lowest BCUT2D eigenvalue weighted by Crippen LogP contribution is -2.29. The van der Waals surface area contributed by atoms with Crippen LogP contribution in [0.1, 0.15) is 296 Å². The fraction of sp³-hybridized carbons (Fsp3) is 0.739. The van der Waals surface area contributed by atoms with Gasteiger partial charge in [0.25, 0.3) is 0 Å². The maximum atomic E-state index is 12.7. The fourth-order valence-electron chi connectivity index (χ4n) is 9.18. The number of hydrogen-bond acceptors (Lipinski definition) is 8. The molecular formula is C69H122NO8P. The smallest absolute Gasteiger partial charge is 0.462 e. The number of carbonyl (C=O) groups excluding carboxylic acids is 2. The molecule has 0 aromatic heterocycles. The van der Waals surface area contributed by atoms with E-state index >= 15 is 0 Å². The molecule has 0 amide bonds. The lowest BCUT2D eigenvalue weighted by Gasteiger charge is -2.19. The van der Waals surface area contributed by atoms with Gasteiger partial charge in [-0.05, 0) is 77.0 Å². The van der Waals surface area contributed by atoms with Crippen molar-refractivity contribution >= 4 is 19.8 Å². The van der Waals surface area contributed by atoms with Gasteiger partial charge in [0.15, 0.2) is 6.10 Å². The van der Waals surface area contributed by atoms with Gasteiger partial charge in [0.05, 0.1) is 13.2 Å². The van der Waals surface area contributed by atoms with Gasteiger partial charge in [0, 0.05) is 19.4 Å². The Hall–Kier alpha value is -3.07. The summed E-state index contributed by atoms with van der Waals surface area (Å²) in [4.78, 5) is 35.3. The van der Waals surface area contributed by atoms with Crippen molar-refractivity contribution in [2.24, 2.45) is 5.73 Å². The summed E-state index contributed by atoms with van der Waals surface area (Å²) in [5, 5.41) is 0. The predicted octanol–water partition coefficient (Wildman–Crippen LogP) is 21.2. The Balaban J connectivity index is 3.97. The number of phosphoric ester groups is 1. The van der Waals surface area contributed by atoms with Crippen molar-refractivity contribution in [1.82, 2.24) is 0 Å².